The minimum absolute atomic E-state index is 0.252. The van der Waals surface area contributed by atoms with Gasteiger partial charge in [-0.2, -0.15) is 5.10 Å². The molecule has 0 spiro atoms. The summed E-state index contributed by atoms with van der Waals surface area (Å²) in [6, 6.07) is 3.50. The van der Waals surface area contributed by atoms with E-state index in [4.69, 9.17) is 4.74 Å². The first kappa shape index (κ1) is 16.6. The summed E-state index contributed by atoms with van der Waals surface area (Å²) in [5.74, 6) is -1.22. The van der Waals surface area contributed by atoms with Gasteiger partial charge in [-0.15, -0.1) is 0 Å². The van der Waals surface area contributed by atoms with Gasteiger partial charge in [0.1, 0.15) is 11.5 Å². The predicted molar refractivity (Wildman–Crippen MR) is 81.2 cm³/mol. The third kappa shape index (κ3) is 3.69. The number of hydrogen-bond acceptors (Lipinski definition) is 3. The van der Waals surface area contributed by atoms with Gasteiger partial charge in [-0.1, -0.05) is 0 Å². The fourth-order valence-corrected chi connectivity index (χ4v) is 2.32. The number of benzene rings is 1. The molecule has 1 aromatic heterocycles. The second-order valence-electron chi connectivity index (χ2n) is 5.03. The number of nitrogens with zero attached hydrogens (tertiary/aromatic N) is 2. The summed E-state index contributed by atoms with van der Waals surface area (Å²) in [6.07, 6.45) is 0. The SMILES string of the molecule is CCOCCNCc1c(C)nn(-c2ccc(F)cc2F)c1C. The fraction of sp³-hybridized carbons (Fsp3) is 0.438. The molecule has 4 nitrogen and oxygen atoms in total. The smallest absolute Gasteiger partial charge is 0.151 e. The van der Waals surface area contributed by atoms with Crippen LogP contribution in [0.3, 0.4) is 0 Å². The largest absolute Gasteiger partial charge is 0.380 e. The molecule has 0 amide bonds. The summed E-state index contributed by atoms with van der Waals surface area (Å²) in [6.45, 7) is 8.43. The van der Waals surface area contributed by atoms with Gasteiger partial charge in [-0.25, -0.2) is 13.5 Å². The van der Waals surface area contributed by atoms with Crippen molar-refractivity contribution in [2.45, 2.75) is 27.3 Å². The molecule has 0 atom stereocenters. The van der Waals surface area contributed by atoms with Gasteiger partial charge in [0.05, 0.1) is 12.3 Å². The highest BCUT2D eigenvalue weighted by Gasteiger charge is 2.15. The van der Waals surface area contributed by atoms with Crippen LogP contribution in [0.2, 0.25) is 0 Å². The van der Waals surface area contributed by atoms with Gasteiger partial charge in [-0.05, 0) is 32.9 Å². The van der Waals surface area contributed by atoms with Gasteiger partial charge in [0.2, 0.25) is 0 Å². The quantitative estimate of drug-likeness (QED) is 0.799. The Morgan fingerprint density at radius 2 is 2.05 bits per heavy atom. The molecule has 0 saturated carbocycles. The van der Waals surface area contributed by atoms with Crippen LogP contribution in [0.4, 0.5) is 8.78 Å². The third-order valence-corrected chi connectivity index (χ3v) is 3.51. The minimum atomic E-state index is -0.624. The first-order chi connectivity index (χ1) is 10.5. The molecule has 120 valence electrons. The molecule has 2 aromatic rings. The number of hydrogen-bond donors (Lipinski definition) is 1. The lowest BCUT2D eigenvalue weighted by Crippen LogP contribution is -2.20. The van der Waals surface area contributed by atoms with Crippen molar-refractivity contribution in [3.8, 4) is 5.69 Å². The first-order valence-corrected chi connectivity index (χ1v) is 7.33. The lowest BCUT2D eigenvalue weighted by Gasteiger charge is -2.08. The van der Waals surface area contributed by atoms with E-state index in [0.29, 0.717) is 19.8 Å². The average Bonchev–Trinajstić information content (AvgIpc) is 2.74. The Bertz CT molecular complexity index is 641. The number of rotatable bonds is 7. The summed E-state index contributed by atoms with van der Waals surface area (Å²) in [4.78, 5) is 0. The lowest BCUT2D eigenvalue weighted by atomic mass is 10.2. The number of aromatic nitrogens is 2. The second-order valence-corrected chi connectivity index (χ2v) is 5.03. The van der Waals surface area contributed by atoms with E-state index in [2.05, 4.69) is 10.4 Å². The first-order valence-electron chi connectivity index (χ1n) is 7.33. The van der Waals surface area contributed by atoms with E-state index in [1.54, 1.807) is 0 Å². The molecular weight excluding hydrogens is 288 g/mol. The van der Waals surface area contributed by atoms with Crippen molar-refractivity contribution in [1.29, 1.82) is 0 Å². The standard InChI is InChI=1S/C16H21F2N3O/c1-4-22-8-7-19-10-14-11(2)20-21(12(14)3)16-6-5-13(17)9-15(16)18/h5-6,9,19H,4,7-8,10H2,1-3H3. The molecule has 1 N–H and O–H groups in total. The maximum Gasteiger partial charge on any atom is 0.151 e. The summed E-state index contributed by atoms with van der Waals surface area (Å²) in [5, 5.41) is 7.64. The van der Waals surface area contributed by atoms with Crippen LogP contribution < -0.4 is 5.32 Å². The van der Waals surface area contributed by atoms with Gasteiger partial charge in [0, 0.05) is 37.0 Å². The number of aryl methyl sites for hydroxylation is 1. The second kappa shape index (κ2) is 7.47. The Kier molecular flexibility index (Phi) is 5.63. The summed E-state index contributed by atoms with van der Waals surface area (Å²) < 4.78 is 33.7. The van der Waals surface area contributed by atoms with Crippen LogP contribution >= 0.6 is 0 Å². The van der Waals surface area contributed by atoms with Gasteiger partial charge >= 0.3 is 0 Å². The number of ether oxygens (including phenoxy) is 1. The maximum atomic E-state index is 13.9. The molecule has 0 radical (unpaired) electrons. The van der Waals surface area contributed by atoms with Crippen molar-refractivity contribution in [1.82, 2.24) is 15.1 Å². The van der Waals surface area contributed by atoms with Crippen molar-refractivity contribution < 1.29 is 13.5 Å². The Hall–Kier alpha value is -1.79. The van der Waals surface area contributed by atoms with E-state index in [1.807, 2.05) is 20.8 Å². The molecule has 0 fully saturated rings. The Balaban J connectivity index is 2.16. The van der Waals surface area contributed by atoms with Crippen molar-refractivity contribution in [3.05, 3.63) is 46.8 Å². The van der Waals surface area contributed by atoms with E-state index in [9.17, 15) is 8.78 Å². The van der Waals surface area contributed by atoms with Crippen LogP contribution in [0.5, 0.6) is 0 Å². The van der Waals surface area contributed by atoms with Gasteiger partial charge in [0.25, 0.3) is 0 Å². The normalized spacial score (nSPS) is 11.1. The van der Waals surface area contributed by atoms with Crippen LogP contribution in [-0.2, 0) is 11.3 Å². The maximum absolute atomic E-state index is 13.9. The number of halogens is 2. The summed E-state index contributed by atoms with van der Waals surface area (Å²) in [5.41, 5.74) is 2.93. The van der Waals surface area contributed by atoms with Gasteiger partial charge < -0.3 is 10.1 Å². The van der Waals surface area contributed by atoms with Gasteiger partial charge in [0.15, 0.2) is 5.82 Å². The zero-order valence-corrected chi connectivity index (χ0v) is 13.1. The van der Waals surface area contributed by atoms with E-state index in [-0.39, 0.29) is 5.69 Å². The van der Waals surface area contributed by atoms with Gasteiger partial charge in [-0.3, -0.25) is 0 Å². The fourth-order valence-electron chi connectivity index (χ4n) is 2.32. The molecule has 0 aliphatic heterocycles. The highest BCUT2D eigenvalue weighted by Crippen LogP contribution is 2.20. The Morgan fingerprint density at radius 3 is 2.73 bits per heavy atom. The van der Waals surface area contributed by atoms with E-state index in [0.717, 1.165) is 29.6 Å². The molecule has 22 heavy (non-hydrogen) atoms. The molecular formula is C16H21F2N3O. The molecule has 0 bridgehead atoms. The van der Waals surface area contributed by atoms with E-state index in [1.165, 1.54) is 16.8 Å². The van der Waals surface area contributed by atoms with Crippen LogP contribution in [0.25, 0.3) is 5.69 Å². The highest BCUT2D eigenvalue weighted by atomic mass is 19.1. The van der Waals surface area contributed by atoms with E-state index >= 15 is 0 Å². The average molecular weight is 309 g/mol. The van der Waals surface area contributed by atoms with Crippen molar-refractivity contribution >= 4 is 0 Å². The zero-order valence-electron chi connectivity index (χ0n) is 13.1. The molecule has 0 aliphatic rings. The van der Waals surface area contributed by atoms with Crippen molar-refractivity contribution in [2.24, 2.45) is 0 Å². The van der Waals surface area contributed by atoms with Crippen LogP contribution in [0, 0.1) is 25.5 Å². The monoisotopic (exact) mass is 309 g/mol. The van der Waals surface area contributed by atoms with Crippen molar-refractivity contribution in [2.75, 3.05) is 19.8 Å². The van der Waals surface area contributed by atoms with Crippen molar-refractivity contribution in [3.63, 3.8) is 0 Å². The third-order valence-electron chi connectivity index (χ3n) is 3.51. The minimum Gasteiger partial charge on any atom is -0.380 e. The van der Waals surface area contributed by atoms with Crippen LogP contribution in [0.15, 0.2) is 18.2 Å². The predicted octanol–water partition coefficient (Wildman–Crippen LogP) is 2.89. The lowest BCUT2D eigenvalue weighted by molar-refractivity contribution is 0.149. The molecule has 6 heteroatoms. The highest BCUT2D eigenvalue weighted by molar-refractivity contribution is 5.38. The summed E-state index contributed by atoms with van der Waals surface area (Å²) in [7, 11) is 0. The molecule has 1 aromatic carbocycles. The molecule has 0 aliphatic carbocycles. The molecule has 0 saturated heterocycles. The zero-order chi connectivity index (χ0) is 16.1. The Morgan fingerprint density at radius 1 is 1.27 bits per heavy atom. The van der Waals surface area contributed by atoms with Crippen LogP contribution in [-0.4, -0.2) is 29.5 Å². The Labute approximate surface area is 129 Å². The van der Waals surface area contributed by atoms with Crippen LogP contribution in [0.1, 0.15) is 23.9 Å². The number of nitrogens with one attached hydrogen (secondary N) is 1. The molecule has 1 heterocycles. The molecule has 2 rings (SSSR count). The molecule has 0 unspecified atom stereocenters. The van der Waals surface area contributed by atoms with E-state index < -0.39 is 11.6 Å². The topological polar surface area (TPSA) is 39.1 Å². The summed E-state index contributed by atoms with van der Waals surface area (Å²) >= 11 is 0.